The zero-order valence-electron chi connectivity index (χ0n) is 24.1. The van der Waals surface area contributed by atoms with E-state index in [1.54, 1.807) is 13.0 Å². The van der Waals surface area contributed by atoms with Gasteiger partial charge in [0.05, 0.1) is 5.56 Å². The molecule has 2 unspecified atom stereocenters. The van der Waals surface area contributed by atoms with Gasteiger partial charge in [0, 0.05) is 21.8 Å². The van der Waals surface area contributed by atoms with Crippen molar-refractivity contribution in [2.24, 2.45) is 10.9 Å². The third-order valence-corrected chi connectivity index (χ3v) is 7.85. The fourth-order valence-corrected chi connectivity index (χ4v) is 5.17. The second-order valence-corrected chi connectivity index (χ2v) is 11.9. The number of hydrogen-bond acceptors (Lipinski definition) is 4. The highest BCUT2D eigenvalue weighted by Crippen LogP contribution is 2.44. The fraction of sp³-hybridized carbons (Fsp3) is 0.567. The van der Waals surface area contributed by atoms with Gasteiger partial charge in [-0.25, -0.2) is 4.98 Å². The largest absolute Gasteiger partial charge is 0.468 e. The highest BCUT2D eigenvalue weighted by atomic mass is 79.9. The lowest BCUT2D eigenvalue weighted by Crippen LogP contribution is -2.40. The molecule has 1 amide bonds. The van der Waals surface area contributed by atoms with Crippen molar-refractivity contribution in [1.82, 2.24) is 10.3 Å². The van der Waals surface area contributed by atoms with Crippen LogP contribution in [-0.4, -0.2) is 35.0 Å². The number of aromatic nitrogens is 1. The molecule has 2 atom stereocenters. The van der Waals surface area contributed by atoms with Crippen molar-refractivity contribution in [3.8, 4) is 5.88 Å². The number of ether oxygens (including phenoxy) is 1. The van der Waals surface area contributed by atoms with E-state index in [9.17, 15) is 31.1 Å². The van der Waals surface area contributed by atoms with Crippen LogP contribution in [0.25, 0.3) is 0 Å². The number of rotatable bonds is 10. The molecule has 2 aromatic rings. The highest BCUT2D eigenvalue weighted by molar-refractivity contribution is 9.10. The number of aliphatic imine (C=N–C) groups is 1. The molecular weight excluding hydrogens is 628 g/mol. The van der Waals surface area contributed by atoms with Gasteiger partial charge in [-0.3, -0.25) is 9.79 Å². The maximum Gasteiger partial charge on any atom is 0.422 e. The number of halogens is 7. The Morgan fingerprint density at radius 2 is 1.81 bits per heavy atom. The Hall–Kier alpha value is -2.63. The van der Waals surface area contributed by atoms with Crippen LogP contribution in [0.4, 0.5) is 26.3 Å². The summed E-state index contributed by atoms with van der Waals surface area (Å²) in [6.45, 7) is 6.63. The summed E-state index contributed by atoms with van der Waals surface area (Å²) in [4.78, 5) is 21.4. The first-order chi connectivity index (χ1) is 19.6. The first-order valence-corrected chi connectivity index (χ1v) is 14.8. The minimum Gasteiger partial charge on any atom is -0.468 e. The van der Waals surface area contributed by atoms with Crippen molar-refractivity contribution in [2.45, 2.75) is 96.5 Å². The number of hydrogen-bond donors (Lipinski definition) is 1. The fourth-order valence-electron chi connectivity index (χ4n) is 4.73. The van der Waals surface area contributed by atoms with Gasteiger partial charge in [-0.1, -0.05) is 39.7 Å². The lowest BCUT2D eigenvalue weighted by molar-refractivity contribution is -0.154. The molecule has 0 saturated heterocycles. The molecular formula is C30H36BrF6N3O2. The van der Waals surface area contributed by atoms with Crippen molar-refractivity contribution >= 4 is 27.7 Å². The number of nitrogens with zero attached hydrogens (tertiary/aromatic N) is 2. The van der Waals surface area contributed by atoms with Crippen LogP contribution >= 0.6 is 15.9 Å². The highest BCUT2D eigenvalue weighted by Gasteiger charge is 2.44. The Morgan fingerprint density at radius 3 is 2.36 bits per heavy atom. The van der Waals surface area contributed by atoms with Crippen LogP contribution in [0.1, 0.15) is 93.9 Å². The summed E-state index contributed by atoms with van der Waals surface area (Å²) in [5.41, 5.74) is 0.425. The van der Waals surface area contributed by atoms with Crippen LogP contribution in [0.5, 0.6) is 5.88 Å². The number of amidine groups is 1. The maximum atomic E-state index is 13.2. The van der Waals surface area contributed by atoms with Crippen LogP contribution in [0.2, 0.25) is 0 Å². The van der Waals surface area contributed by atoms with E-state index >= 15 is 0 Å². The van der Waals surface area contributed by atoms with Gasteiger partial charge in [-0.2, -0.15) is 26.3 Å². The van der Waals surface area contributed by atoms with E-state index in [1.807, 2.05) is 6.92 Å². The Balaban J connectivity index is 0.000000291. The van der Waals surface area contributed by atoms with Crippen molar-refractivity contribution in [3.63, 3.8) is 0 Å². The first-order valence-electron chi connectivity index (χ1n) is 14.0. The van der Waals surface area contributed by atoms with E-state index < -0.39 is 30.1 Å². The molecule has 4 rings (SSSR count). The van der Waals surface area contributed by atoms with Crippen molar-refractivity contribution < 1.29 is 35.9 Å². The molecule has 1 aromatic heterocycles. The van der Waals surface area contributed by atoms with Gasteiger partial charge < -0.3 is 10.1 Å². The maximum absolute atomic E-state index is 13.2. The average molecular weight is 665 g/mol. The van der Waals surface area contributed by atoms with E-state index in [0.717, 1.165) is 38.2 Å². The zero-order valence-corrected chi connectivity index (χ0v) is 25.6. The van der Waals surface area contributed by atoms with Gasteiger partial charge in [-0.15, -0.1) is 0 Å². The van der Waals surface area contributed by atoms with Crippen LogP contribution in [0.3, 0.4) is 0 Å². The number of nitrogens with one attached hydrogen (secondary N) is 1. The normalized spacial score (nSPS) is 19.5. The van der Waals surface area contributed by atoms with Gasteiger partial charge in [0.25, 0.3) is 5.91 Å². The van der Waals surface area contributed by atoms with Crippen LogP contribution in [0, 0.1) is 12.8 Å². The van der Waals surface area contributed by atoms with Gasteiger partial charge in [-0.05, 0) is 90.6 Å². The standard InChI is InChI=1S/C22H29F3N2O.C8H7BrF3NO/c1-4-11-21(12-10-14(3)5-2)20(28)26-19(27-21)17-9-8-16(22(23,24)25)13-18(17)15-6-7-15;1-5-2-6(9)3-13-7(5)14-4-8(10,11)12/h8-9,13-15H,4-7,10-12H2,1-3H3,(H,26,27,28);2-3H,4H2,1H3. The van der Waals surface area contributed by atoms with Gasteiger partial charge in [0.1, 0.15) is 11.4 Å². The number of alkyl halides is 6. The third-order valence-electron chi connectivity index (χ3n) is 7.41. The minimum absolute atomic E-state index is 0.00512. The second-order valence-electron chi connectivity index (χ2n) is 11.0. The Bertz CT molecular complexity index is 1280. The summed E-state index contributed by atoms with van der Waals surface area (Å²) in [6, 6.07) is 5.44. The molecule has 0 bridgehead atoms. The molecule has 1 saturated carbocycles. The van der Waals surface area contributed by atoms with Gasteiger partial charge in [0.15, 0.2) is 6.61 Å². The predicted molar refractivity (Wildman–Crippen MR) is 153 cm³/mol. The smallest absolute Gasteiger partial charge is 0.422 e. The summed E-state index contributed by atoms with van der Waals surface area (Å²) in [5.74, 6) is 0.963. The Kier molecular flexibility index (Phi) is 11.1. The quantitative estimate of drug-likeness (QED) is 0.258. The number of aryl methyl sites for hydroxylation is 1. The molecule has 1 fully saturated rings. The number of pyridine rings is 1. The molecule has 5 nitrogen and oxygen atoms in total. The van der Waals surface area contributed by atoms with E-state index in [1.165, 1.54) is 18.3 Å². The Labute approximate surface area is 250 Å². The van der Waals surface area contributed by atoms with Crippen LogP contribution in [-0.2, 0) is 11.0 Å². The molecule has 0 radical (unpaired) electrons. The summed E-state index contributed by atoms with van der Waals surface area (Å²) >= 11 is 3.15. The third kappa shape index (κ3) is 9.18. The molecule has 0 spiro atoms. The molecule has 1 aliphatic carbocycles. The number of amides is 1. The number of benzene rings is 1. The summed E-state index contributed by atoms with van der Waals surface area (Å²) in [6.07, 6.45) is -1.46. The van der Waals surface area contributed by atoms with Gasteiger partial charge in [0.2, 0.25) is 5.88 Å². The molecule has 232 valence electrons. The lowest BCUT2D eigenvalue weighted by Gasteiger charge is -2.24. The van der Waals surface area contributed by atoms with Crippen molar-refractivity contribution in [2.75, 3.05) is 6.61 Å². The molecule has 1 N–H and O–H groups in total. The van der Waals surface area contributed by atoms with Crippen molar-refractivity contribution in [1.29, 1.82) is 0 Å². The Morgan fingerprint density at radius 1 is 1.12 bits per heavy atom. The zero-order chi connectivity index (χ0) is 31.3. The van der Waals surface area contributed by atoms with Gasteiger partial charge >= 0.3 is 12.4 Å². The molecule has 12 heteroatoms. The van der Waals surface area contributed by atoms with Crippen LogP contribution < -0.4 is 10.1 Å². The molecule has 2 aliphatic rings. The SMILES string of the molecule is CCCC1(CCC(C)CC)N=C(c2ccc(C(F)(F)F)cc2C2CC2)NC1=O.Cc1cc(Br)cnc1OCC(F)(F)F. The first kappa shape index (κ1) is 33.9. The monoisotopic (exact) mass is 663 g/mol. The minimum atomic E-state index is -4.37. The molecule has 1 aliphatic heterocycles. The van der Waals surface area contributed by atoms with E-state index in [-0.39, 0.29) is 17.7 Å². The lowest BCUT2D eigenvalue weighted by atomic mass is 9.85. The molecule has 2 heterocycles. The number of carbonyl (C=O) groups excluding carboxylic acids is 1. The second kappa shape index (κ2) is 13.8. The van der Waals surface area contributed by atoms with E-state index in [2.05, 4.69) is 44.8 Å². The molecule has 1 aromatic carbocycles. The molecule has 42 heavy (non-hydrogen) atoms. The average Bonchev–Trinajstić information content (AvgIpc) is 3.70. The summed E-state index contributed by atoms with van der Waals surface area (Å²) in [5, 5.41) is 2.90. The predicted octanol–water partition coefficient (Wildman–Crippen LogP) is 8.92. The summed E-state index contributed by atoms with van der Waals surface area (Å²) in [7, 11) is 0. The number of carbonyl (C=O) groups is 1. The van der Waals surface area contributed by atoms with Crippen molar-refractivity contribution in [3.05, 3.63) is 57.2 Å². The topological polar surface area (TPSA) is 63.6 Å². The van der Waals surface area contributed by atoms with Crippen LogP contribution in [0.15, 0.2) is 39.9 Å². The summed E-state index contributed by atoms with van der Waals surface area (Å²) < 4.78 is 80.0. The van der Waals surface area contributed by atoms with E-state index in [0.29, 0.717) is 45.8 Å². The van der Waals surface area contributed by atoms with E-state index in [4.69, 9.17) is 4.99 Å².